The molecule has 2 heterocycles. The number of fused-ring (bicyclic) bond motifs is 2. The third kappa shape index (κ3) is 3.44. The molecular formula is C21H24ClN3O. The van der Waals surface area contributed by atoms with E-state index < -0.39 is 0 Å². The summed E-state index contributed by atoms with van der Waals surface area (Å²) in [6, 6.07) is 12.0. The molecule has 136 valence electrons. The lowest BCUT2D eigenvalue weighted by Gasteiger charge is -2.16. The Kier molecular flexibility index (Phi) is 5.14. The fourth-order valence-corrected chi connectivity index (χ4v) is 3.97. The Hall–Kier alpha value is -2.04. The van der Waals surface area contributed by atoms with Crippen LogP contribution in [-0.4, -0.2) is 43.2 Å². The zero-order chi connectivity index (χ0) is 17.9. The number of benzene rings is 2. The van der Waals surface area contributed by atoms with Crippen molar-refractivity contribution < 1.29 is 4.74 Å². The molecule has 3 aromatic rings. The molecule has 0 amide bonds. The minimum Gasteiger partial charge on any atom is -0.492 e. The molecule has 1 aromatic heterocycles. The van der Waals surface area contributed by atoms with Crippen LogP contribution >= 0.6 is 11.6 Å². The van der Waals surface area contributed by atoms with Gasteiger partial charge in [-0.25, -0.2) is 4.98 Å². The van der Waals surface area contributed by atoms with Gasteiger partial charge in [0.1, 0.15) is 5.75 Å². The van der Waals surface area contributed by atoms with Crippen LogP contribution in [0, 0.1) is 0 Å². The van der Waals surface area contributed by atoms with Gasteiger partial charge in [0, 0.05) is 30.4 Å². The molecule has 1 aliphatic rings. The number of para-hydroxylation sites is 1. The highest BCUT2D eigenvalue weighted by Crippen LogP contribution is 2.36. The van der Waals surface area contributed by atoms with E-state index in [1.165, 1.54) is 25.9 Å². The third-order valence-electron chi connectivity index (χ3n) is 5.06. The molecule has 1 fully saturated rings. The lowest BCUT2D eigenvalue weighted by Crippen LogP contribution is -2.21. The molecule has 0 atom stereocenters. The molecule has 2 aromatic carbocycles. The van der Waals surface area contributed by atoms with Crippen LogP contribution in [0.1, 0.15) is 19.3 Å². The molecule has 0 unspecified atom stereocenters. The predicted molar refractivity (Wildman–Crippen MR) is 110 cm³/mol. The first-order chi connectivity index (χ1) is 12.8. The summed E-state index contributed by atoms with van der Waals surface area (Å²) in [6.07, 6.45) is 3.66. The fraction of sp³-hybridized carbons (Fsp3) is 0.381. The minimum absolute atomic E-state index is 0.632. The van der Waals surface area contributed by atoms with Crippen molar-refractivity contribution in [3.8, 4) is 5.75 Å². The van der Waals surface area contributed by atoms with Crippen LogP contribution in [0.3, 0.4) is 0 Å². The van der Waals surface area contributed by atoms with E-state index in [-0.39, 0.29) is 0 Å². The Morgan fingerprint density at radius 3 is 2.73 bits per heavy atom. The number of nitrogens with zero attached hydrogens (tertiary/aromatic N) is 2. The van der Waals surface area contributed by atoms with E-state index in [2.05, 4.69) is 16.3 Å². The van der Waals surface area contributed by atoms with Gasteiger partial charge in [-0.15, -0.1) is 0 Å². The van der Waals surface area contributed by atoms with Crippen molar-refractivity contribution >= 4 is 39.1 Å². The number of pyridine rings is 1. The largest absolute Gasteiger partial charge is 0.492 e. The monoisotopic (exact) mass is 369 g/mol. The Morgan fingerprint density at radius 1 is 1.12 bits per heavy atom. The van der Waals surface area contributed by atoms with Crippen LogP contribution in [0.15, 0.2) is 36.4 Å². The Balaban J connectivity index is 1.58. The van der Waals surface area contributed by atoms with Gasteiger partial charge in [-0.05, 0) is 44.5 Å². The van der Waals surface area contributed by atoms with E-state index in [1.807, 2.05) is 37.4 Å². The summed E-state index contributed by atoms with van der Waals surface area (Å²) in [5.74, 6) is 0.713. The average molecular weight is 370 g/mol. The molecular weight excluding hydrogens is 346 g/mol. The van der Waals surface area contributed by atoms with Crippen molar-refractivity contribution in [1.29, 1.82) is 0 Å². The van der Waals surface area contributed by atoms with Gasteiger partial charge in [0.2, 0.25) is 0 Å². The van der Waals surface area contributed by atoms with Crippen LogP contribution in [0.5, 0.6) is 5.75 Å². The van der Waals surface area contributed by atoms with Crippen molar-refractivity contribution in [2.75, 3.05) is 38.6 Å². The van der Waals surface area contributed by atoms with Gasteiger partial charge in [-0.1, -0.05) is 29.8 Å². The molecule has 0 bridgehead atoms. The fourth-order valence-electron chi connectivity index (χ4n) is 3.75. The maximum Gasteiger partial charge on any atom is 0.140 e. The first-order valence-corrected chi connectivity index (χ1v) is 9.69. The van der Waals surface area contributed by atoms with E-state index in [4.69, 9.17) is 21.3 Å². The lowest BCUT2D eigenvalue weighted by molar-refractivity contribution is 0.263. The first kappa shape index (κ1) is 17.4. The Labute approximate surface area is 159 Å². The molecule has 4 rings (SSSR count). The van der Waals surface area contributed by atoms with Gasteiger partial charge in [-0.3, -0.25) is 0 Å². The second-order valence-electron chi connectivity index (χ2n) is 6.80. The molecule has 1 saturated heterocycles. The maximum atomic E-state index is 6.50. The molecule has 5 heteroatoms. The van der Waals surface area contributed by atoms with Gasteiger partial charge < -0.3 is 15.0 Å². The molecule has 26 heavy (non-hydrogen) atoms. The summed E-state index contributed by atoms with van der Waals surface area (Å²) in [4.78, 5) is 7.29. The topological polar surface area (TPSA) is 37.4 Å². The van der Waals surface area contributed by atoms with E-state index >= 15 is 0 Å². The summed E-state index contributed by atoms with van der Waals surface area (Å²) in [5.41, 5.74) is 2.91. The van der Waals surface area contributed by atoms with E-state index in [1.54, 1.807) is 0 Å². The van der Waals surface area contributed by atoms with Crippen LogP contribution in [0.2, 0.25) is 5.02 Å². The van der Waals surface area contributed by atoms with E-state index in [9.17, 15) is 0 Å². The van der Waals surface area contributed by atoms with Crippen molar-refractivity contribution in [3.05, 3.63) is 41.4 Å². The molecule has 4 nitrogen and oxygen atoms in total. The number of anilines is 1. The van der Waals surface area contributed by atoms with Crippen molar-refractivity contribution in [2.24, 2.45) is 0 Å². The van der Waals surface area contributed by atoms with Crippen molar-refractivity contribution in [2.45, 2.75) is 19.3 Å². The highest BCUT2D eigenvalue weighted by molar-refractivity contribution is 6.33. The number of hydrogen-bond donors (Lipinski definition) is 1. The van der Waals surface area contributed by atoms with Gasteiger partial charge in [0.15, 0.2) is 0 Å². The second-order valence-corrected chi connectivity index (χ2v) is 7.21. The Morgan fingerprint density at radius 2 is 1.92 bits per heavy atom. The predicted octanol–water partition coefficient (Wildman–Crippen LogP) is 4.95. The summed E-state index contributed by atoms with van der Waals surface area (Å²) < 4.78 is 5.97. The van der Waals surface area contributed by atoms with Crippen LogP contribution in [0.25, 0.3) is 21.8 Å². The van der Waals surface area contributed by atoms with Crippen molar-refractivity contribution in [1.82, 2.24) is 9.88 Å². The minimum atomic E-state index is 0.632. The van der Waals surface area contributed by atoms with E-state index in [0.717, 1.165) is 40.5 Å². The number of halogens is 1. The SMILES string of the molecule is CNc1c2ccccc2nc2cc(OCCCN3CCCC3)c(Cl)cc12. The summed E-state index contributed by atoms with van der Waals surface area (Å²) >= 11 is 6.50. The number of likely N-dealkylation sites (tertiary alicyclic amines) is 1. The van der Waals surface area contributed by atoms with Gasteiger partial charge >= 0.3 is 0 Å². The van der Waals surface area contributed by atoms with Crippen LogP contribution in [-0.2, 0) is 0 Å². The number of nitrogens with one attached hydrogen (secondary N) is 1. The van der Waals surface area contributed by atoms with E-state index in [0.29, 0.717) is 17.4 Å². The summed E-state index contributed by atoms with van der Waals surface area (Å²) in [6.45, 7) is 4.22. The molecule has 1 aliphatic heterocycles. The number of hydrogen-bond acceptors (Lipinski definition) is 4. The zero-order valence-electron chi connectivity index (χ0n) is 15.1. The highest BCUT2D eigenvalue weighted by atomic mass is 35.5. The van der Waals surface area contributed by atoms with Crippen LogP contribution < -0.4 is 10.1 Å². The van der Waals surface area contributed by atoms with Gasteiger partial charge in [-0.2, -0.15) is 0 Å². The summed E-state index contributed by atoms with van der Waals surface area (Å²) in [5, 5.41) is 6.04. The standard InChI is InChI=1S/C21H24ClN3O/c1-23-21-15-7-2-3-8-18(15)24-19-14-20(17(22)13-16(19)21)26-12-6-11-25-9-4-5-10-25/h2-3,7-8,13-14H,4-6,9-12H2,1H3,(H,23,24). The quantitative estimate of drug-likeness (QED) is 0.493. The Bertz CT molecular complexity index is 922. The zero-order valence-corrected chi connectivity index (χ0v) is 15.9. The van der Waals surface area contributed by atoms with Crippen molar-refractivity contribution in [3.63, 3.8) is 0 Å². The van der Waals surface area contributed by atoms with Gasteiger partial charge in [0.05, 0.1) is 28.4 Å². The normalized spacial score (nSPS) is 15.0. The van der Waals surface area contributed by atoms with Gasteiger partial charge in [0.25, 0.3) is 0 Å². The lowest BCUT2D eigenvalue weighted by atomic mass is 10.1. The average Bonchev–Trinajstić information content (AvgIpc) is 3.17. The number of rotatable bonds is 6. The molecule has 0 aliphatic carbocycles. The molecule has 0 spiro atoms. The third-order valence-corrected chi connectivity index (χ3v) is 5.35. The molecule has 0 radical (unpaired) electrons. The summed E-state index contributed by atoms with van der Waals surface area (Å²) in [7, 11) is 1.93. The van der Waals surface area contributed by atoms with Crippen LogP contribution in [0.4, 0.5) is 5.69 Å². The highest BCUT2D eigenvalue weighted by Gasteiger charge is 2.13. The first-order valence-electron chi connectivity index (χ1n) is 9.31. The number of aromatic nitrogens is 1. The maximum absolute atomic E-state index is 6.50. The number of ether oxygens (including phenoxy) is 1. The second kappa shape index (κ2) is 7.68. The molecule has 0 saturated carbocycles. The smallest absolute Gasteiger partial charge is 0.140 e. The molecule has 1 N–H and O–H groups in total.